The first-order chi connectivity index (χ1) is 17.0. The van der Waals surface area contributed by atoms with Gasteiger partial charge in [0.15, 0.2) is 0 Å². The van der Waals surface area contributed by atoms with Crippen LogP contribution in [-0.2, 0) is 4.79 Å². The number of hydrogen-bond acceptors (Lipinski definition) is 7. The van der Waals surface area contributed by atoms with E-state index >= 15 is 0 Å². The minimum absolute atomic E-state index is 0.250. The van der Waals surface area contributed by atoms with Crippen molar-refractivity contribution in [3.63, 3.8) is 0 Å². The number of rotatable bonds is 6. The van der Waals surface area contributed by atoms with Crippen LogP contribution in [0.3, 0.4) is 0 Å². The minimum atomic E-state index is -0.250. The quantitative estimate of drug-likeness (QED) is 0.417. The fraction of sp³-hybridized carbons (Fsp3) is 0.231. The van der Waals surface area contributed by atoms with E-state index in [4.69, 9.17) is 4.98 Å². The standard InChI is InChI=1S/C26H28N8O/c1-4-24(35)29-21-17-20(18(2)16-22(21)33-14-12-32(3)13-15-33)30-26-28-10-7-23(31-26)34-11-8-19-6-5-9-27-25(19)34/h4-11,16-17H,1,12-15H2,2-3H3,(H,29,35)(H,28,30,31). The molecule has 0 aliphatic carbocycles. The number of aromatic nitrogens is 4. The van der Waals surface area contributed by atoms with Crippen molar-refractivity contribution in [2.24, 2.45) is 0 Å². The smallest absolute Gasteiger partial charge is 0.247 e. The highest BCUT2D eigenvalue weighted by atomic mass is 16.1. The maximum absolute atomic E-state index is 12.2. The van der Waals surface area contributed by atoms with E-state index in [2.05, 4.69) is 50.1 Å². The molecule has 0 spiro atoms. The van der Waals surface area contributed by atoms with Gasteiger partial charge in [-0.3, -0.25) is 9.36 Å². The van der Waals surface area contributed by atoms with E-state index in [1.165, 1.54) is 6.08 Å². The monoisotopic (exact) mass is 468 g/mol. The molecule has 9 nitrogen and oxygen atoms in total. The number of piperazine rings is 1. The molecule has 2 N–H and O–H groups in total. The lowest BCUT2D eigenvalue weighted by Crippen LogP contribution is -2.44. The van der Waals surface area contributed by atoms with Gasteiger partial charge < -0.3 is 20.4 Å². The first-order valence-corrected chi connectivity index (χ1v) is 11.6. The summed E-state index contributed by atoms with van der Waals surface area (Å²) < 4.78 is 1.93. The first kappa shape index (κ1) is 22.5. The molecule has 4 heterocycles. The van der Waals surface area contributed by atoms with Crippen LogP contribution >= 0.6 is 0 Å². The Balaban J connectivity index is 1.47. The summed E-state index contributed by atoms with van der Waals surface area (Å²) in [5, 5.41) is 7.34. The highest BCUT2D eigenvalue weighted by Crippen LogP contribution is 2.34. The van der Waals surface area contributed by atoms with Crippen molar-refractivity contribution in [3.8, 4) is 5.82 Å². The zero-order chi connectivity index (χ0) is 24.4. The van der Waals surface area contributed by atoms with Crippen molar-refractivity contribution in [2.45, 2.75) is 6.92 Å². The molecule has 0 saturated carbocycles. The van der Waals surface area contributed by atoms with Crippen LogP contribution in [-0.4, -0.2) is 63.6 Å². The third-order valence-electron chi connectivity index (χ3n) is 6.21. The average Bonchev–Trinajstić information content (AvgIpc) is 3.31. The predicted molar refractivity (Wildman–Crippen MR) is 140 cm³/mol. The number of fused-ring (bicyclic) bond motifs is 1. The Morgan fingerprint density at radius 3 is 2.69 bits per heavy atom. The first-order valence-electron chi connectivity index (χ1n) is 11.6. The van der Waals surface area contributed by atoms with Crippen molar-refractivity contribution in [2.75, 3.05) is 48.8 Å². The Hall–Kier alpha value is -4.24. The van der Waals surface area contributed by atoms with E-state index in [0.717, 1.165) is 59.8 Å². The van der Waals surface area contributed by atoms with E-state index in [1.807, 2.05) is 48.0 Å². The molecule has 1 amide bonds. The fourth-order valence-electron chi connectivity index (χ4n) is 4.24. The molecular formula is C26H28N8O. The van der Waals surface area contributed by atoms with Gasteiger partial charge in [-0.25, -0.2) is 9.97 Å². The number of benzene rings is 1. The molecule has 0 radical (unpaired) electrons. The van der Waals surface area contributed by atoms with Gasteiger partial charge >= 0.3 is 0 Å². The number of hydrogen-bond donors (Lipinski definition) is 2. The second kappa shape index (κ2) is 9.55. The predicted octanol–water partition coefficient (Wildman–Crippen LogP) is 3.74. The SMILES string of the molecule is C=CC(=O)Nc1cc(Nc2nccc(-n3ccc4cccnc43)n2)c(C)cc1N1CCN(C)CC1. The third-order valence-corrected chi connectivity index (χ3v) is 6.21. The van der Waals surface area contributed by atoms with Gasteiger partial charge in [-0.05, 0) is 62.0 Å². The molecule has 0 atom stereocenters. The zero-order valence-corrected chi connectivity index (χ0v) is 19.9. The molecule has 178 valence electrons. The number of amides is 1. The van der Waals surface area contributed by atoms with E-state index in [0.29, 0.717) is 11.8 Å². The molecule has 1 aromatic carbocycles. The Kier molecular flexibility index (Phi) is 6.15. The number of carbonyl (C=O) groups is 1. The summed E-state index contributed by atoms with van der Waals surface area (Å²) >= 11 is 0. The molecule has 1 aliphatic rings. The van der Waals surface area contributed by atoms with Crippen LogP contribution in [0.4, 0.5) is 23.0 Å². The number of carbonyl (C=O) groups excluding carboxylic acids is 1. The molecule has 1 aliphatic heterocycles. The summed E-state index contributed by atoms with van der Waals surface area (Å²) in [6.07, 6.45) is 6.71. The second-order valence-corrected chi connectivity index (χ2v) is 8.63. The van der Waals surface area contributed by atoms with Crippen LogP contribution < -0.4 is 15.5 Å². The van der Waals surface area contributed by atoms with Crippen LogP contribution in [0.2, 0.25) is 0 Å². The number of aryl methyl sites for hydroxylation is 1. The largest absolute Gasteiger partial charge is 0.367 e. The summed E-state index contributed by atoms with van der Waals surface area (Å²) in [6.45, 7) is 9.36. The third kappa shape index (κ3) is 4.71. The average molecular weight is 469 g/mol. The Morgan fingerprint density at radius 1 is 1.06 bits per heavy atom. The number of nitrogens with one attached hydrogen (secondary N) is 2. The van der Waals surface area contributed by atoms with Crippen LogP contribution in [0.1, 0.15) is 5.56 Å². The number of nitrogens with zero attached hydrogens (tertiary/aromatic N) is 6. The molecule has 0 bridgehead atoms. The van der Waals surface area contributed by atoms with Gasteiger partial charge in [-0.2, -0.15) is 4.98 Å². The molecule has 35 heavy (non-hydrogen) atoms. The molecule has 1 fully saturated rings. The van der Waals surface area contributed by atoms with Gasteiger partial charge in [0.05, 0.1) is 11.4 Å². The van der Waals surface area contributed by atoms with Crippen molar-refractivity contribution >= 4 is 40.0 Å². The highest BCUT2D eigenvalue weighted by molar-refractivity contribution is 6.02. The van der Waals surface area contributed by atoms with Crippen molar-refractivity contribution in [1.29, 1.82) is 0 Å². The topological polar surface area (TPSA) is 91.2 Å². The zero-order valence-electron chi connectivity index (χ0n) is 19.9. The highest BCUT2D eigenvalue weighted by Gasteiger charge is 2.20. The molecule has 0 unspecified atom stereocenters. The molecule has 3 aromatic heterocycles. The van der Waals surface area contributed by atoms with Crippen molar-refractivity contribution < 1.29 is 4.79 Å². The fourth-order valence-corrected chi connectivity index (χ4v) is 4.24. The van der Waals surface area contributed by atoms with Gasteiger partial charge in [-0.15, -0.1) is 0 Å². The van der Waals surface area contributed by atoms with E-state index in [9.17, 15) is 4.79 Å². The molecular weight excluding hydrogens is 440 g/mol. The van der Waals surface area contributed by atoms with Crippen molar-refractivity contribution in [3.05, 3.63) is 73.2 Å². The summed E-state index contributed by atoms with van der Waals surface area (Å²) in [7, 11) is 2.12. The van der Waals surface area contributed by atoms with E-state index in [-0.39, 0.29) is 5.91 Å². The lowest BCUT2D eigenvalue weighted by Gasteiger charge is -2.35. The van der Waals surface area contributed by atoms with Gasteiger partial charge in [0, 0.05) is 55.8 Å². The molecule has 1 saturated heterocycles. The van der Waals surface area contributed by atoms with Gasteiger partial charge in [-0.1, -0.05) is 6.58 Å². The van der Waals surface area contributed by atoms with E-state index in [1.54, 1.807) is 12.4 Å². The maximum atomic E-state index is 12.2. The number of pyridine rings is 1. The van der Waals surface area contributed by atoms with Crippen molar-refractivity contribution in [1.82, 2.24) is 24.4 Å². The molecule has 5 rings (SSSR count). The summed E-state index contributed by atoms with van der Waals surface area (Å²) in [4.78, 5) is 30.4. The Morgan fingerprint density at radius 2 is 1.89 bits per heavy atom. The number of likely N-dealkylation sites (N-methyl/N-ethyl adjacent to an activating group) is 1. The molecule has 4 aromatic rings. The lowest BCUT2D eigenvalue weighted by molar-refractivity contribution is -0.111. The van der Waals surface area contributed by atoms with Gasteiger partial charge in [0.1, 0.15) is 11.5 Å². The van der Waals surface area contributed by atoms with Crippen LogP contribution in [0.5, 0.6) is 0 Å². The molecule has 9 heteroatoms. The summed E-state index contributed by atoms with van der Waals surface area (Å²) in [5.74, 6) is 0.917. The van der Waals surface area contributed by atoms with Gasteiger partial charge in [0.2, 0.25) is 11.9 Å². The van der Waals surface area contributed by atoms with Crippen LogP contribution in [0.25, 0.3) is 16.9 Å². The summed E-state index contributed by atoms with van der Waals surface area (Å²) in [5.41, 5.74) is 4.40. The van der Waals surface area contributed by atoms with E-state index < -0.39 is 0 Å². The van der Waals surface area contributed by atoms with Crippen LogP contribution in [0.15, 0.2) is 67.6 Å². The lowest BCUT2D eigenvalue weighted by atomic mass is 10.1. The Labute approximate surface area is 204 Å². The van der Waals surface area contributed by atoms with Crippen LogP contribution in [0, 0.1) is 6.92 Å². The maximum Gasteiger partial charge on any atom is 0.247 e. The second-order valence-electron chi connectivity index (χ2n) is 8.63. The minimum Gasteiger partial charge on any atom is -0.367 e. The normalized spacial score (nSPS) is 14.2. The van der Waals surface area contributed by atoms with Gasteiger partial charge in [0.25, 0.3) is 0 Å². The number of anilines is 4. The summed E-state index contributed by atoms with van der Waals surface area (Å²) in [6, 6.07) is 11.8. The Bertz CT molecular complexity index is 1390.